The zero-order chi connectivity index (χ0) is 20.2. The molecule has 0 radical (unpaired) electrons. The maximum Gasteiger partial charge on any atom is 0.340 e. The van der Waals surface area contributed by atoms with Crippen molar-refractivity contribution < 1.29 is 9.53 Å². The molecule has 5 heteroatoms. The van der Waals surface area contributed by atoms with E-state index in [0.29, 0.717) is 18.7 Å². The van der Waals surface area contributed by atoms with Gasteiger partial charge in [0.05, 0.1) is 23.4 Å². The Balaban J connectivity index is 1.57. The molecule has 1 fully saturated rings. The van der Waals surface area contributed by atoms with Crippen LogP contribution in [0.4, 0.5) is 5.69 Å². The second-order valence-electron chi connectivity index (χ2n) is 7.39. The highest BCUT2D eigenvalue weighted by Crippen LogP contribution is 2.25. The lowest BCUT2D eigenvalue weighted by atomic mass is 10.0. The molecule has 1 saturated heterocycles. The van der Waals surface area contributed by atoms with Crippen molar-refractivity contribution in [3.8, 4) is 0 Å². The van der Waals surface area contributed by atoms with Crippen molar-refractivity contribution in [2.24, 2.45) is 0 Å². The first-order valence-corrected chi connectivity index (χ1v) is 10.2. The van der Waals surface area contributed by atoms with E-state index in [0.717, 1.165) is 48.3 Å². The average Bonchev–Trinajstić information content (AvgIpc) is 2.75. The Hall–Kier alpha value is -2.92. The minimum absolute atomic E-state index is 0.277. The summed E-state index contributed by atoms with van der Waals surface area (Å²) in [6, 6.07) is 18.5. The number of nitrogens with zero attached hydrogens (tertiary/aromatic N) is 3. The van der Waals surface area contributed by atoms with Crippen LogP contribution >= 0.6 is 0 Å². The van der Waals surface area contributed by atoms with Gasteiger partial charge < -0.3 is 9.64 Å². The predicted octanol–water partition coefficient (Wildman–Crippen LogP) is 4.04. The third-order valence-corrected chi connectivity index (χ3v) is 5.57. The molecule has 1 aromatic heterocycles. The Morgan fingerprint density at radius 2 is 1.69 bits per heavy atom. The summed E-state index contributed by atoms with van der Waals surface area (Å²) in [7, 11) is 0. The largest absolute Gasteiger partial charge is 0.462 e. The van der Waals surface area contributed by atoms with Crippen LogP contribution in [0.25, 0.3) is 10.9 Å². The van der Waals surface area contributed by atoms with Gasteiger partial charge in [0, 0.05) is 43.8 Å². The van der Waals surface area contributed by atoms with E-state index in [1.54, 1.807) is 0 Å². The summed E-state index contributed by atoms with van der Waals surface area (Å²) in [5, 5.41) is 1.01. The maximum atomic E-state index is 12.7. The van der Waals surface area contributed by atoms with Crippen LogP contribution in [0.2, 0.25) is 0 Å². The van der Waals surface area contributed by atoms with E-state index in [2.05, 4.69) is 34.1 Å². The van der Waals surface area contributed by atoms with Gasteiger partial charge in [-0.15, -0.1) is 0 Å². The fourth-order valence-electron chi connectivity index (χ4n) is 4.04. The smallest absolute Gasteiger partial charge is 0.340 e. The summed E-state index contributed by atoms with van der Waals surface area (Å²) in [6.07, 6.45) is 0. The summed E-state index contributed by atoms with van der Waals surface area (Å²) >= 11 is 0. The number of benzene rings is 2. The van der Waals surface area contributed by atoms with E-state index in [4.69, 9.17) is 9.72 Å². The minimum atomic E-state index is -0.277. The molecule has 1 aliphatic rings. The van der Waals surface area contributed by atoms with Crippen LogP contribution in [0, 0.1) is 6.92 Å². The molecule has 0 bridgehead atoms. The molecule has 0 amide bonds. The number of hydrogen-bond acceptors (Lipinski definition) is 5. The Labute approximate surface area is 171 Å². The lowest BCUT2D eigenvalue weighted by Crippen LogP contribution is -2.46. The van der Waals surface area contributed by atoms with Gasteiger partial charge in [-0.25, -0.2) is 4.79 Å². The molecule has 0 N–H and O–H groups in total. The van der Waals surface area contributed by atoms with Crippen molar-refractivity contribution in [3.63, 3.8) is 0 Å². The van der Waals surface area contributed by atoms with Crippen molar-refractivity contribution in [2.75, 3.05) is 37.7 Å². The van der Waals surface area contributed by atoms with Gasteiger partial charge in [0.1, 0.15) is 0 Å². The molecule has 150 valence electrons. The van der Waals surface area contributed by atoms with Gasteiger partial charge in [0.25, 0.3) is 0 Å². The number of aryl methyl sites for hydroxylation is 1. The number of rotatable bonds is 5. The summed E-state index contributed by atoms with van der Waals surface area (Å²) in [4.78, 5) is 22.4. The number of piperazine rings is 1. The molecule has 0 aliphatic carbocycles. The third kappa shape index (κ3) is 4.10. The van der Waals surface area contributed by atoms with Crippen LogP contribution in [0.15, 0.2) is 54.6 Å². The summed E-state index contributed by atoms with van der Waals surface area (Å²) in [5.41, 5.74) is 4.57. The van der Waals surface area contributed by atoms with E-state index in [9.17, 15) is 4.79 Å². The average molecular weight is 389 g/mol. The fourth-order valence-corrected chi connectivity index (χ4v) is 4.04. The zero-order valence-electron chi connectivity index (χ0n) is 17.1. The Bertz CT molecular complexity index is 996. The van der Waals surface area contributed by atoms with Gasteiger partial charge in [-0.3, -0.25) is 9.88 Å². The van der Waals surface area contributed by atoms with Crippen LogP contribution in [0.5, 0.6) is 0 Å². The molecule has 3 aromatic rings. The van der Waals surface area contributed by atoms with Crippen LogP contribution in [-0.4, -0.2) is 48.6 Å². The number of aromatic nitrogens is 1. The normalized spacial score (nSPS) is 14.9. The highest BCUT2D eigenvalue weighted by molar-refractivity contribution is 5.98. The van der Waals surface area contributed by atoms with Crippen LogP contribution in [-0.2, 0) is 11.3 Å². The van der Waals surface area contributed by atoms with Crippen molar-refractivity contribution in [1.82, 2.24) is 9.88 Å². The lowest BCUT2D eigenvalue weighted by Gasteiger charge is -2.36. The molecule has 29 heavy (non-hydrogen) atoms. The van der Waals surface area contributed by atoms with Crippen LogP contribution in [0.1, 0.15) is 28.5 Å². The molecule has 0 saturated carbocycles. The van der Waals surface area contributed by atoms with Gasteiger partial charge >= 0.3 is 5.97 Å². The Morgan fingerprint density at radius 3 is 2.41 bits per heavy atom. The van der Waals surface area contributed by atoms with Crippen LogP contribution < -0.4 is 4.90 Å². The molecule has 0 atom stereocenters. The number of carbonyl (C=O) groups excluding carboxylic acids is 1. The SMILES string of the molecule is CCOC(=O)c1c(CN2CCN(c3ccccc3)CC2)nc2ccccc2c1C. The van der Waals surface area contributed by atoms with Gasteiger partial charge in [-0.2, -0.15) is 0 Å². The maximum absolute atomic E-state index is 12.7. The van der Waals surface area contributed by atoms with Gasteiger partial charge in [-0.1, -0.05) is 36.4 Å². The summed E-state index contributed by atoms with van der Waals surface area (Å²) in [5.74, 6) is -0.277. The number of ether oxygens (including phenoxy) is 1. The molecule has 0 unspecified atom stereocenters. The highest BCUT2D eigenvalue weighted by Gasteiger charge is 2.23. The Morgan fingerprint density at radius 1 is 1.00 bits per heavy atom. The zero-order valence-corrected chi connectivity index (χ0v) is 17.1. The topological polar surface area (TPSA) is 45.7 Å². The molecule has 5 nitrogen and oxygen atoms in total. The number of anilines is 1. The summed E-state index contributed by atoms with van der Waals surface area (Å²) < 4.78 is 5.36. The Kier molecular flexibility index (Phi) is 5.76. The van der Waals surface area contributed by atoms with E-state index in [1.807, 2.05) is 44.2 Å². The number of esters is 1. The highest BCUT2D eigenvalue weighted by atomic mass is 16.5. The minimum Gasteiger partial charge on any atom is -0.462 e. The van der Waals surface area contributed by atoms with Gasteiger partial charge in [0.2, 0.25) is 0 Å². The number of fused-ring (bicyclic) bond motifs is 1. The second kappa shape index (κ2) is 8.62. The molecule has 1 aliphatic heterocycles. The van der Waals surface area contributed by atoms with Crippen molar-refractivity contribution in [2.45, 2.75) is 20.4 Å². The molecule has 2 heterocycles. The van der Waals surface area contributed by atoms with Gasteiger partial charge in [-0.05, 0) is 37.6 Å². The summed E-state index contributed by atoms with van der Waals surface area (Å²) in [6.45, 7) is 8.64. The number of hydrogen-bond donors (Lipinski definition) is 0. The standard InChI is InChI=1S/C24H27N3O2/c1-3-29-24(28)23-18(2)20-11-7-8-12-21(20)25-22(23)17-26-13-15-27(16-14-26)19-9-5-4-6-10-19/h4-12H,3,13-17H2,1-2H3. The predicted molar refractivity (Wildman–Crippen MR) is 116 cm³/mol. The van der Waals surface area contributed by atoms with Crippen molar-refractivity contribution >= 4 is 22.6 Å². The molecular formula is C24H27N3O2. The quantitative estimate of drug-likeness (QED) is 0.616. The van der Waals surface area contributed by atoms with Crippen molar-refractivity contribution in [3.05, 3.63) is 71.4 Å². The molecule has 4 rings (SSSR count). The lowest BCUT2D eigenvalue weighted by molar-refractivity contribution is 0.0522. The second-order valence-corrected chi connectivity index (χ2v) is 7.39. The number of pyridine rings is 1. The first-order valence-electron chi connectivity index (χ1n) is 10.2. The van der Waals surface area contributed by atoms with E-state index < -0.39 is 0 Å². The first-order chi connectivity index (χ1) is 14.2. The van der Waals surface area contributed by atoms with Crippen molar-refractivity contribution in [1.29, 1.82) is 0 Å². The van der Waals surface area contributed by atoms with E-state index in [-0.39, 0.29) is 5.97 Å². The van der Waals surface area contributed by atoms with Gasteiger partial charge in [0.15, 0.2) is 0 Å². The number of para-hydroxylation sites is 2. The monoisotopic (exact) mass is 389 g/mol. The first kappa shape index (κ1) is 19.4. The fraction of sp³-hybridized carbons (Fsp3) is 0.333. The molecule has 0 spiro atoms. The van der Waals surface area contributed by atoms with E-state index >= 15 is 0 Å². The third-order valence-electron chi connectivity index (χ3n) is 5.57. The molecule has 2 aromatic carbocycles. The number of carbonyl (C=O) groups is 1. The van der Waals surface area contributed by atoms with Crippen LogP contribution in [0.3, 0.4) is 0 Å². The van der Waals surface area contributed by atoms with E-state index in [1.165, 1.54) is 5.69 Å². The molecular weight excluding hydrogens is 362 g/mol.